The number of fused-ring (bicyclic) bond motifs is 1. The second kappa shape index (κ2) is 6.20. The third kappa shape index (κ3) is 2.73. The Morgan fingerprint density at radius 1 is 1.08 bits per heavy atom. The number of hydrogen-bond donors (Lipinski definition) is 0. The Bertz CT molecular complexity index is 852. The average molecular weight is 339 g/mol. The van der Waals surface area contributed by atoms with E-state index in [9.17, 15) is 10.1 Å². The van der Waals surface area contributed by atoms with Gasteiger partial charge in [0.1, 0.15) is 5.69 Å². The van der Waals surface area contributed by atoms with Crippen LogP contribution < -0.4 is 4.90 Å². The van der Waals surface area contributed by atoms with E-state index in [0.717, 1.165) is 37.1 Å². The molecule has 122 valence electrons. The third-order valence-electron chi connectivity index (χ3n) is 4.57. The van der Waals surface area contributed by atoms with Crippen molar-refractivity contribution in [3.63, 3.8) is 0 Å². The van der Waals surface area contributed by atoms with Gasteiger partial charge in [0.25, 0.3) is 5.69 Å². The zero-order valence-corrected chi connectivity index (χ0v) is 13.9. The highest BCUT2D eigenvalue weighted by molar-refractivity contribution is 7.18. The molecule has 2 aromatic carbocycles. The van der Waals surface area contributed by atoms with Crippen molar-refractivity contribution in [1.29, 1.82) is 0 Å². The lowest BCUT2D eigenvalue weighted by Crippen LogP contribution is -2.33. The van der Waals surface area contributed by atoms with E-state index in [1.165, 1.54) is 9.71 Å². The summed E-state index contributed by atoms with van der Waals surface area (Å²) in [6.45, 7) is 1.65. The van der Waals surface area contributed by atoms with Crippen molar-refractivity contribution >= 4 is 32.9 Å². The second-order valence-electron chi connectivity index (χ2n) is 6.03. The minimum Gasteiger partial charge on any atom is -0.366 e. The van der Waals surface area contributed by atoms with E-state index < -0.39 is 0 Å². The number of thiazole rings is 1. The Hall–Kier alpha value is -2.47. The number of nitro groups is 1. The van der Waals surface area contributed by atoms with Crippen molar-refractivity contribution in [2.24, 2.45) is 0 Å². The molecular weight excluding hydrogens is 322 g/mol. The van der Waals surface area contributed by atoms with Crippen LogP contribution in [0, 0.1) is 10.1 Å². The van der Waals surface area contributed by atoms with Crippen LogP contribution in [-0.4, -0.2) is 23.0 Å². The van der Waals surface area contributed by atoms with E-state index in [0.29, 0.717) is 5.92 Å². The van der Waals surface area contributed by atoms with Gasteiger partial charge in [0.05, 0.1) is 20.1 Å². The second-order valence-corrected chi connectivity index (χ2v) is 7.09. The Morgan fingerprint density at radius 3 is 2.54 bits per heavy atom. The fourth-order valence-electron chi connectivity index (χ4n) is 3.32. The number of benzene rings is 2. The van der Waals surface area contributed by atoms with E-state index in [2.05, 4.69) is 17.0 Å². The van der Waals surface area contributed by atoms with Crippen molar-refractivity contribution in [3.8, 4) is 0 Å². The quantitative estimate of drug-likeness (QED) is 0.517. The molecule has 0 N–H and O–H groups in total. The van der Waals surface area contributed by atoms with E-state index >= 15 is 0 Å². The van der Waals surface area contributed by atoms with Gasteiger partial charge in [-0.2, -0.15) is 0 Å². The Kier molecular flexibility index (Phi) is 3.90. The van der Waals surface area contributed by atoms with E-state index in [1.807, 2.05) is 24.3 Å². The molecule has 4 rings (SSSR count). The minimum absolute atomic E-state index is 0.191. The topological polar surface area (TPSA) is 59.3 Å². The van der Waals surface area contributed by atoms with Gasteiger partial charge in [-0.1, -0.05) is 24.3 Å². The molecule has 1 aromatic heterocycles. The maximum atomic E-state index is 11.2. The van der Waals surface area contributed by atoms with Crippen LogP contribution in [0.4, 0.5) is 11.4 Å². The predicted molar refractivity (Wildman–Crippen MR) is 96.9 cm³/mol. The molecule has 0 unspecified atom stereocenters. The summed E-state index contributed by atoms with van der Waals surface area (Å²) in [5, 5.41) is 12.4. The summed E-state index contributed by atoms with van der Waals surface area (Å²) >= 11 is 1.77. The molecule has 5 nitrogen and oxygen atoms in total. The molecule has 1 aliphatic heterocycles. The maximum absolute atomic E-state index is 11.2. The molecule has 0 radical (unpaired) electrons. The lowest BCUT2D eigenvalue weighted by Gasteiger charge is -2.32. The molecule has 1 fully saturated rings. The smallest absolute Gasteiger partial charge is 0.292 e. The molecule has 1 aliphatic rings. The number of nitro benzene ring substituents is 1. The summed E-state index contributed by atoms with van der Waals surface area (Å²) in [4.78, 5) is 17.8. The van der Waals surface area contributed by atoms with Gasteiger partial charge >= 0.3 is 0 Å². The summed E-state index contributed by atoms with van der Waals surface area (Å²) in [6, 6.07) is 15.2. The Morgan fingerprint density at radius 2 is 1.79 bits per heavy atom. The number of anilines is 1. The molecule has 0 saturated carbocycles. The van der Waals surface area contributed by atoms with Gasteiger partial charge in [0, 0.05) is 25.1 Å². The summed E-state index contributed by atoms with van der Waals surface area (Å²) in [5.41, 5.74) is 1.99. The van der Waals surface area contributed by atoms with Gasteiger partial charge in [-0.15, -0.1) is 11.3 Å². The Labute approximate surface area is 143 Å². The highest BCUT2D eigenvalue weighted by atomic mass is 32.1. The first kappa shape index (κ1) is 15.1. The van der Waals surface area contributed by atoms with E-state index in [-0.39, 0.29) is 10.6 Å². The fourth-order valence-corrected chi connectivity index (χ4v) is 4.45. The van der Waals surface area contributed by atoms with Crippen LogP contribution >= 0.6 is 11.3 Å². The fraction of sp³-hybridized carbons (Fsp3) is 0.278. The first-order chi connectivity index (χ1) is 11.7. The van der Waals surface area contributed by atoms with Crippen LogP contribution in [0.1, 0.15) is 23.8 Å². The highest BCUT2D eigenvalue weighted by Crippen LogP contribution is 2.37. The number of rotatable bonds is 3. The van der Waals surface area contributed by atoms with Gasteiger partial charge in [-0.25, -0.2) is 4.98 Å². The Balaban J connectivity index is 1.52. The molecule has 1 saturated heterocycles. The monoisotopic (exact) mass is 339 g/mol. The molecule has 0 spiro atoms. The largest absolute Gasteiger partial charge is 0.366 e. The van der Waals surface area contributed by atoms with Crippen LogP contribution in [0.25, 0.3) is 10.2 Å². The lowest BCUT2D eigenvalue weighted by atomic mass is 9.97. The van der Waals surface area contributed by atoms with Gasteiger partial charge in [-0.3, -0.25) is 10.1 Å². The average Bonchev–Trinajstić information content (AvgIpc) is 3.06. The normalized spacial score (nSPS) is 15.8. The van der Waals surface area contributed by atoms with Crippen LogP contribution in [0.5, 0.6) is 0 Å². The molecule has 0 amide bonds. The molecule has 0 aliphatic carbocycles. The summed E-state index contributed by atoms with van der Waals surface area (Å²) < 4.78 is 1.23. The zero-order valence-electron chi connectivity index (χ0n) is 13.1. The number of piperidine rings is 1. The first-order valence-corrected chi connectivity index (χ1v) is 8.88. The van der Waals surface area contributed by atoms with E-state index in [1.54, 1.807) is 23.5 Å². The van der Waals surface area contributed by atoms with Crippen molar-refractivity contribution in [3.05, 3.63) is 63.7 Å². The molecule has 24 heavy (non-hydrogen) atoms. The maximum Gasteiger partial charge on any atom is 0.292 e. The van der Waals surface area contributed by atoms with Gasteiger partial charge in [0.15, 0.2) is 0 Å². The predicted octanol–water partition coefficient (Wildman–Crippen LogP) is 4.59. The summed E-state index contributed by atoms with van der Waals surface area (Å²) in [7, 11) is 0. The number of para-hydroxylation sites is 3. The SMILES string of the molecule is O=[N+]([O-])c1ccccc1N1CCC(c2nc3ccccc3s2)CC1. The summed E-state index contributed by atoms with van der Waals surface area (Å²) in [6.07, 6.45) is 1.96. The minimum atomic E-state index is -0.297. The van der Waals surface area contributed by atoms with Gasteiger partial charge < -0.3 is 4.90 Å². The van der Waals surface area contributed by atoms with Crippen LogP contribution in [0.3, 0.4) is 0 Å². The van der Waals surface area contributed by atoms with Crippen LogP contribution in [-0.2, 0) is 0 Å². The molecule has 0 bridgehead atoms. The van der Waals surface area contributed by atoms with Crippen molar-refractivity contribution in [2.75, 3.05) is 18.0 Å². The molecule has 2 heterocycles. The van der Waals surface area contributed by atoms with Crippen LogP contribution in [0.15, 0.2) is 48.5 Å². The standard InChI is InChI=1S/C18H17N3O2S/c22-21(23)16-7-3-2-6-15(16)20-11-9-13(10-12-20)18-19-14-5-1-4-8-17(14)24-18/h1-8,13H,9-12H2. The molecule has 6 heteroatoms. The van der Waals surface area contributed by atoms with Crippen molar-refractivity contribution in [2.45, 2.75) is 18.8 Å². The van der Waals surface area contributed by atoms with Crippen molar-refractivity contribution in [1.82, 2.24) is 4.98 Å². The molecular formula is C18H17N3O2S. The van der Waals surface area contributed by atoms with Gasteiger partial charge in [-0.05, 0) is 31.0 Å². The summed E-state index contributed by atoms with van der Waals surface area (Å²) in [5.74, 6) is 0.446. The van der Waals surface area contributed by atoms with Crippen molar-refractivity contribution < 1.29 is 4.92 Å². The van der Waals surface area contributed by atoms with Gasteiger partial charge in [0.2, 0.25) is 0 Å². The van der Waals surface area contributed by atoms with E-state index in [4.69, 9.17) is 4.98 Å². The first-order valence-electron chi connectivity index (χ1n) is 8.06. The number of aromatic nitrogens is 1. The van der Waals surface area contributed by atoms with Crippen LogP contribution in [0.2, 0.25) is 0 Å². The zero-order chi connectivity index (χ0) is 16.5. The number of hydrogen-bond acceptors (Lipinski definition) is 5. The highest BCUT2D eigenvalue weighted by Gasteiger charge is 2.26. The number of nitrogens with zero attached hydrogens (tertiary/aromatic N) is 3. The third-order valence-corrected chi connectivity index (χ3v) is 5.77. The lowest BCUT2D eigenvalue weighted by molar-refractivity contribution is -0.384. The molecule has 3 aromatic rings. The molecule has 0 atom stereocenters.